The highest BCUT2D eigenvalue weighted by atomic mass is 16.2. The summed E-state index contributed by atoms with van der Waals surface area (Å²) in [5.41, 5.74) is 0.851. The maximum atomic E-state index is 12.0. The van der Waals surface area contributed by atoms with Crippen LogP contribution in [0.3, 0.4) is 0 Å². The number of hydrogen-bond acceptors (Lipinski definition) is 2. The van der Waals surface area contributed by atoms with E-state index in [1.165, 1.54) is 6.92 Å². The molecule has 19 heavy (non-hydrogen) atoms. The van der Waals surface area contributed by atoms with Crippen LogP contribution in [0, 0.1) is 0 Å². The summed E-state index contributed by atoms with van der Waals surface area (Å²) in [5, 5.41) is 0. The van der Waals surface area contributed by atoms with Gasteiger partial charge in [-0.3, -0.25) is 9.59 Å². The zero-order valence-electron chi connectivity index (χ0n) is 11.3. The molecule has 1 aliphatic heterocycles. The molecule has 2 rings (SSSR count). The highest BCUT2D eigenvalue weighted by Crippen LogP contribution is 2.15. The molecule has 2 amide bonds. The maximum absolute atomic E-state index is 12.0. The van der Waals surface area contributed by atoms with E-state index in [2.05, 4.69) is 0 Å². The number of hydrogen-bond donors (Lipinski definition) is 0. The summed E-state index contributed by atoms with van der Waals surface area (Å²) >= 11 is 0. The second-order valence-electron chi connectivity index (χ2n) is 4.84. The van der Waals surface area contributed by atoms with E-state index in [4.69, 9.17) is 0 Å². The van der Waals surface area contributed by atoms with Gasteiger partial charge in [-0.1, -0.05) is 18.2 Å². The molecule has 0 radical (unpaired) electrons. The van der Waals surface area contributed by atoms with Crippen molar-refractivity contribution in [3.05, 3.63) is 30.3 Å². The Kier molecular flexibility index (Phi) is 4.55. The molecule has 0 bridgehead atoms. The Balaban J connectivity index is 1.94. The first kappa shape index (κ1) is 13.6. The molecular weight excluding hydrogens is 240 g/mol. The van der Waals surface area contributed by atoms with Crippen LogP contribution in [0.1, 0.15) is 26.2 Å². The summed E-state index contributed by atoms with van der Waals surface area (Å²) in [7, 11) is 0. The van der Waals surface area contributed by atoms with Crippen molar-refractivity contribution in [2.75, 3.05) is 24.5 Å². The van der Waals surface area contributed by atoms with Crippen LogP contribution >= 0.6 is 0 Å². The molecule has 1 aliphatic rings. The molecule has 1 aromatic rings. The molecule has 1 aromatic carbocycles. The van der Waals surface area contributed by atoms with Crippen molar-refractivity contribution < 1.29 is 9.59 Å². The Hall–Kier alpha value is -1.84. The fraction of sp³-hybridized carbons (Fsp3) is 0.467. The lowest BCUT2D eigenvalue weighted by Crippen LogP contribution is -2.35. The lowest BCUT2D eigenvalue weighted by atomic mass is 10.2. The Morgan fingerprint density at radius 1 is 1.16 bits per heavy atom. The van der Waals surface area contributed by atoms with Crippen molar-refractivity contribution in [3.63, 3.8) is 0 Å². The molecule has 1 heterocycles. The third kappa shape index (κ3) is 3.56. The SMILES string of the molecule is CC(=O)N(CCC(=O)N1CCCC1)c1ccccc1. The van der Waals surface area contributed by atoms with E-state index in [1.807, 2.05) is 35.2 Å². The standard InChI is InChI=1S/C15H20N2O2/c1-13(18)17(14-7-3-2-4-8-14)12-9-15(19)16-10-5-6-11-16/h2-4,7-8H,5-6,9-12H2,1H3. The summed E-state index contributed by atoms with van der Waals surface area (Å²) in [4.78, 5) is 27.2. The third-order valence-corrected chi connectivity index (χ3v) is 3.46. The predicted molar refractivity (Wildman–Crippen MR) is 74.9 cm³/mol. The molecule has 0 aromatic heterocycles. The fourth-order valence-corrected chi connectivity index (χ4v) is 2.41. The fourth-order valence-electron chi connectivity index (χ4n) is 2.41. The van der Waals surface area contributed by atoms with Crippen LogP contribution in [-0.4, -0.2) is 36.3 Å². The highest BCUT2D eigenvalue weighted by molar-refractivity contribution is 5.92. The van der Waals surface area contributed by atoms with Gasteiger partial charge < -0.3 is 9.80 Å². The first-order chi connectivity index (χ1) is 9.18. The highest BCUT2D eigenvalue weighted by Gasteiger charge is 2.19. The van der Waals surface area contributed by atoms with Gasteiger partial charge in [0.25, 0.3) is 0 Å². The minimum Gasteiger partial charge on any atom is -0.343 e. The van der Waals surface area contributed by atoms with Gasteiger partial charge in [0.2, 0.25) is 11.8 Å². The van der Waals surface area contributed by atoms with E-state index in [-0.39, 0.29) is 11.8 Å². The summed E-state index contributed by atoms with van der Waals surface area (Å²) in [6.45, 7) is 3.72. The lowest BCUT2D eigenvalue weighted by molar-refractivity contribution is -0.129. The number of para-hydroxylation sites is 1. The van der Waals surface area contributed by atoms with Gasteiger partial charge in [0.15, 0.2) is 0 Å². The number of rotatable bonds is 4. The Bertz CT molecular complexity index is 439. The largest absolute Gasteiger partial charge is 0.343 e. The van der Waals surface area contributed by atoms with Crippen molar-refractivity contribution >= 4 is 17.5 Å². The quantitative estimate of drug-likeness (QED) is 0.831. The van der Waals surface area contributed by atoms with Crippen LogP contribution in [0.5, 0.6) is 0 Å². The second kappa shape index (κ2) is 6.36. The molecule has 102 valence electrons. The minimum absolute atomic E-state index is 0.0274. The Morgan fingerprint density at radius 2 is 1.79 bits per heavy atom. The van der Waals surface area contributed by atoms with Gasteiger partial charge in [-0.15, -0.1) is 0 Å². The van der Waals surface area contributed by atoms with Crippen molar-refractivity contribution in [2.24, 2.45) is 0 Å². The van der Waals surface area contributed by atoms with Crippen LogP contribution in [-0.2, 0) is 9.59 Å². The van der Waals surface area contributed by atoms with E-state index in [9.17, 15) is 9.59 Å². The van der Waals surface area contributed by atoms with Gasteiger partial charge in [0, 0.05) is 38.7 Å². The topological polar surface area (TPSA) is 40.6 Å². The van der Waals surface area contributed by atoms with E-state index in [0.29, 0.717) is 13.0 Å². The van der Waals surface area contributed by atoms with E-state index < -0.39 is 0 Å². The van der Waals surface area contributed by atoms with Gasteiger partial charge in [-0.2, -0.15) is 0 Å². The number of anilines is 1. The summed E-state index contributed by atoms with van der Waals surface area (Å²) in [5.74, 6) is 0.125. The van der Waals surface area contributed by atoms with E-state index in [0.717, 1.165) is 31.6 Å². The van der Waals surface area contributed by atoms with Gasteiger partial charge in [-0.25, -0.2) is 0 Å². The zero-order valence-corrected chi connectivity index (χ0v) is 11.3. The molecule has 0 unspecified atom stereocenters. The van der Waals surface area contributed by atoms with E-state index >= 15 is 0 Å². The number of amides is 2. The third-order valence-electron chi connectivity index (χ3n) is 3.46. The maximum Gasteiger partial charge on any atom is 0.224 e. The smallest absolute Gasteiger partial charge is 0.224 e. The van der Waals surface area contributed by atoms with Crippen LogP contribution in [0.15, 0.2) is 30.3 Å². The Morgan fingerprint density at radius 3 is 2.37 bits per heavy atom. The normalized spacial score (nSPS) is 14.5. The predicted octanol–water partition coefficient (Wildman–Crippen LogP) is 2.05. The number of carbonyl (C=O) groups excluding carboxylic acids is 2. The van der Waals surface area contributed by atoms with Crippen LogP contribution in [0.25, 0.3) is 0 Å². The van der Waals surface area contributed by atoms with Gasteiger partial charge in [0.1, 0.15) is 0 Å². The summed E-state index contributed by atoms with van der Waals surface area (Å²) < 4.78 is 0. The van der Waals surface area contributed by atoms with Gasteiger partial charge in [0.05, 0.1) is 0 Å². The van der Waals surface area contributed by atoms with Crippen LogP contribution < -0.4 is 4.90 Å². The average molecular weight is 260 g/mol. The van der Waals surface area contributed by atoms with Gasteiger partial charge >= 0.3 is 0 Å². The molecule has 4 heteroatoms. The van der Waals surface area contributed by atoms with E-state index in [1.54, 1.807) is 4.90 Å². The van der Waals surface area contributed by atoms with Crippen LogP contribution in [0.2, 0.25) is 0 Å². The molecular formula is C15H20N2O2. The first-order valence-corrected chi connectivity index (χ1v) is 6.79. The summed E-state index contributed by atoms with van der Waals surface area (Å²) in [6, 6.07) is 9.49. The zero-order chi connectivity index (χ0) is 13.7. The van der Waals surface area contributed by atoms with Crippen molar-refractivity contribution in [2.45, 2.75) is 26.2 Å². The molecule has 0 saturated carbocycles. The Labute approximate surface area is 114 Å². The van der Waals surface area contributed by atoms with Crippen molar-refractivity contribution in [1.82, 2.24) is 4.90 Å². The average Bonchev–Trinajstić information content (AvgIpc) is 2.93. The molecule has 0 atom stereocenters. The van der Waals surface area contributed by atoms with Crippen LogP contribution in [0.4, 0.5) is 5.69 Å². The molecule has 4 nitrogen and oxygen atoms in total. The molecule has 1 saturated heterocycles. The molecule has 1 fully saturated rings. The molecule has 0 N–H and O–H groups in total. The minimum atomic E-state index is -0.0274. The number of benzene rings is 1. The molecule has 0 spiro atoms. The second-order valence-corrected chi connectivity index (χ2v) is 4.84. The lowest BCUT2D eigenvalue weighted by Gasteiger charge is -2.22. The number of carbonyl (C=O) groups is 2. The van der Waals surface area contributed by atoms with Crippen molar-refractivity contribution in [3.8, 4) is 0 Å². The first-order valence-electron chi connectivity index (χ1n) is 6.79. The molecule has 0 aliphatic carbocycles. The monoisotopic (exact) mass is 260 g/mol. The summed E-state index contributed by atoms with van der Waals surface area (Å²) in [6.07, 6.45) is 2.59. The number of nitrogens with zero attached hydrogens (tertiary/aromatic N) is 2. The number of likely N-dealkylation sites (tertiary alicyclic amines) is 1. The van der Waals surface area contributed by atoms with Gasteiger partial charge in [-0.05, 0) is 25.0 Å². The van der Waals surface area contributed by atoms with Crippen molar-refractivity contribution in [1.29, 1.82) is 0 Å².